The molecule has 1 aliphatic rings. The summed E-state index contributed by atoms with van der Waals surface area (Å²) in [6, 6.07) is 9.11. The molecule has 0 bridgehead atoms. The summed E-state index contributed by atoms with van der Waals surface area (Å²) in [6.07, 6.45) is 2.24. The summed E-state index contributed by atoms with van der Waals surface area (Å²) in [7, 11) is 1.73. The highest BCUT2D eigenvalue weighted by molar-refractivity contribution is 5.79. The molecule has 0 radical (unpaired) electrons. The molecule has 1 aliphatic carbocycles. The van der Waals surface area contributed by atoms with Crippen molar-refractivity contribution in [1.29, 1.82) is 0 Å². The first kappa shape index (κ1) is 12.6. The summed E-state index contributed by atoms with van der Waals surface area (Å²) in [4.78, 5) is 24.7. The summed E-state index contributed by atoms with van der Waals surface area (Å²) in [6.45, 7) is 0. The Balaban J connectivity index is 1.91. The van der Waals surface area contributed by atoms with E-state index in [0.717, 1.165) is 12.8 Å². The van der Waals surface area contributed by atoms with Gasteiger partial charge in [0.1, 0.15) is 11.5 Å². The van der Waals surface area contributed by atoms with Gasteiger partial charge in [-0.3, -0.25) is 4.79 Å². The SMILES string of the molecule is CN(C(=O)Oc1ccccc1)C1CCC(=O)CC1. The molecule has 1 fully saturated rings. The van der Waals surface area contributed by atoms with E-state index in [1.54, 1.807) is 24.1 Å². The van der Waals surface area contributed by atoms with Crippen LogP contribution in [0.25, 0.3) is 0 Å². The molecule has 0 spiro atoms. The van der Waals surface area contributed by atoms with E-state index in [0.29, 0.717) is 18.6 Å². The third kappa shape index (κ3) is 3.09. The van der Waals surface area contributed by atoms with E-state index in [4.69, 9.17) is 4.74 Å². The second-order valence-electron chi connectivity index (χ2n) is 4.56. The Bertz CT molecular complexity index is 420. The molecule has 96 valence electrons. The zero-order valence-corrected chi connectivity index (χ0v) is 10.5. The predicted octanol–water partition coefficient (Wildman–Crippen LogP) is 2.63. The Morgan fingerprint density at radius 1 is 1.22 bits per heavy atom. The Morgan fingerprint density at radius 3 is 2.44 bits per heavy atom. The average Bonchev–Trinajstić information content (AvgIpc) is 2.40. The van der Waals surface area contributed by atoms with Crippen LogP contribution in [-0.4, -0.2) is 29.9 Å². The van der Waals surface area contributed by atoms with Crippen LogP contribution in [-0.2, 0) is 4.79 Å². The minimum atomic E-state index is -0.361. The Kier molecular flexibility index (Phi) is 3.97. The monoisotopic (exact) mass is 247 g/mol. The molecule has 0 saturated heterocycles. The van der Waals surface area contributed by atoms with Crippen molar-refractivity contribution in [1.82, 2.24) is 4.90 Å². The summed E-state index contributed by atoms with van der Waals surface area (Å²) in [5.41, 5.74) is 0. The van der Waals surface area contributed by atoms with Gasteiger partial charge in [0.25, 0.3) is 0 Å². The number of rotatable bonds is 2. The van der Waals surface area contributed by atoms with Crippen LogP contribution in [0.3, 0.4) is 0 Å². The van der Waals surface area contributed by atoms with Crippen LogP contribution in [0, 0.1) is 0 Å². The molecule has 18 heavy (non-hydrogen) atoms. The maximum atomic E-state index is 11.9. The topological polar surface area (TPSA) is 46.6 Å². The van der Waals surface area contributed by atoms with E-state index in [2.05, 4.69) is 0 Å². The van der Waals surface area contributed by atoms with E-state index in [-0.39, 0.29) is 17.9 Å². The Hall–Kier alpha value is -1.84. The van der Waals surface area contributed by atoms with Gasteiger partial charge in [0.15, 0.2) is 0 Å². The fourth-order valence-corrected chi connectivity index (χ4v) is 2.12. The van der Waals surface area contributed by atoms with Gasteiger partial charge < -0.3 is 9.64 Å². The van der Waals surface area contributed by atoms with E-state index in [1.165, 1.54) is 0 Å². The van der Waals surface area contributed by atoms with Gasteiger partial charge >= 0.3 is 6.09 Å². The van der Waals surface area contributed by atoms with Crippen molar-refractivity contribution in [3.8, 4) is 5.75 Å². The zero-order valence-electron chi connectivity index (χ0n) is 10.5. The quantitative estimate of drug-likeness (QED) is 0.807. The number of para-hydroxylation sites is 1. The minimum absolute atomic E-state index is 0.110. The smallest absolute Gasteiger partial charge is 0.410 e. The molecule has 0 heterocycles. The second-order valence-corrected chi connectivity index (χ2v) is 4.56. The highest BCUT2D eigenvalue weighted by Gasteiger charge is 2.26. The first-order valence-corrected chi connectivity index (χ1v) is 6.18. The normalized spacial score (nSPS) is 16.4. The molecule has 1 amide bonds. The van der Waals surface area contributed by atoms with Gasteiger partial charge in [-0.05, 0) is 25.0 Å². The number of hydrogen-bond donors (Lipinski definition) is 0. The summed E-state index contributed by atoms with van der Waals surface area (Å²) < 4.78 is 5.26. The third-order valence-electron chi connectivity index (χ3n) is 3.30. The summed E-state index contributed by atoms with van der Waals surface area (Å²) in [5, 5.41) is 0. The number of ketones is 1. The Labute approximate surface area is 107 Å². The predicted molar refractivity (Wildman–Crippen MR) is 67.5 cm³/mol. The third-order valence-corrected chi connectivity index (χ3v) is 3.30. The molecule has 1 aromatic rings. The van der Waals surface area contributed by atoms with Crippen LogP contribution in [0.15, 0.2) is 30.3 Å². The van der Waals surface area contributed by atoms with Crippen LogP contribution >= 0.6 is 0 Å². The number of hydrogen-bond acceptors (Lipinski definition) is 3. The van der Waals surface area contributed by atoms with Crippen LogP contribution in [0.4, 0.5) is 4.79 Å². The van der Waals surface area contributed by atoms with E-state index in [1.807, 2.05) is 18.2 Å². The van der Waals surface area contributed by atoms with Crippen LogP contribution in [0.2, 0.25) is 0 Å². The van der Waals surface area contributed by atoms with E-state index < -0.39 is 0 Å². The zero-order chi connectivity index (χ0) is 13.0. The van der Waals surface area contributed by atoms with Gasteiger partial charge in [-0.15, -0.1) is 0 Å². The second kappa shape index (κ2) is 5.67. The maximum absolute atomic E-state index is 11.9. The van der Waals surface area contributed by atoms with Gasteiger partial charge in [0, 0.05) is 25.9 Å². The van der Waals surface area contributed by atoms with Gasteiger partial charge in [0.05, 0.1) is 0 Å². The van der Waals surface area contributed by atoms with Crippen molar-refractivity contribution in [2.45, 2.75) is 31.7 Å². The van der Waals surface area contributed by atoms with E-state index >= 15 is 0 Å². The van der Waals surface area contributed by atoms with Gasteiger partial charge in [-0.25, -0.2) is 4.79 Å². The first-order chi connectivity index (χ1) is 8.66. The highest BCUT2D eigenvalue weighted by Crippen LogP contribution is 2.20. The summed E-state index contributed by atoms with van der Waals surface area (Å²) in [5.74, 6) is 0.831. The molecule has 4 nitrogen and oxygen atoms in total. The van der Waals surface area contributed by atoms with Crippen molar-refractivity contribution in [3.63, 3.8) is 0 Å². The Morgan fingerprint density at radius 2 is 1.83 bits per heavy atom. The fraction of sp³-hybridized carbons (Fsp3) is 0.429. The molecule has 0 N–H and O–H groups in total. The van der Waals surface area contributed by atoms with Gasteiger partial charge in [-0.2, -0.15) is 0 Å². The number of Topliss-reactive ketones (excluding diaryl/α,β-unsaturated/α-hetero) is 1. The largest absolute Gasteiger partial charge is 0.415 e. The fourth-order valence-electron chi connectivity index (χ4n) is 2.12. The lowest BCUT2D eigenvalue weighted by molar-refractivity contribution is -0.121. The van der Waals surface area contributed by atoms with Gasteiger partial charge in [0.2, 0.25) is 0 Å². The van der Waals surface area contributed by atoms with E-state index in [9.17, 15) is 9.59 Å². The molecule has 2 rings (SSSR count). The lowest BCUT2D eigenvalue weighted by Gasteiger charge is -2.29. The summed E-state index contributed by atoms with van der Waals surface area (Å²) >= 11 is 0. The number of ether oxygens (including phenoxy) is 1. The van der Waals surface area contributed by atoms with Crippen molar-refractivity contribution >= 4 is 11.9 Å². The highest BCUT2D eigenvalue weighted by atomic mass is 16.6. The average molecular weight is 247 g/mol. The number of nitrogens with zero attached hydrogens (tertiary/aromatic N) is 1. The molecular formula is C14H17NO3. The van der Waals surface area contributed by atoms with Crippen molar-refractivity contribution in [3.05, 3.63) is 30.3 Å². The van der Waals surface area contributed by atoms with Crippen LogP contribution < -0.4 is 4.74 Å². The molecule has 1 saturated carbocycles. The molecule has 0 unspecified atom stereocenters. The minimum Gasteiger partial charge on any atom is -0.410 e. The number of carbonyl (C=O) groups is 2. The molecule has 0 aromatic heterocycles. The molecule has 1 aromatic carbocycles. The number of carbonyl (C=O) groups excluding carboxylic acids is 2. The first-order valence-electron chi connectivity index (χ1n) is 6.18. The van der Waals surface area contributed by atoms with Crippen LogP contribution in [0.1, 0.15) is 25.7 Å². The maximum Gasteiger partial charge on any atom is 0.415 e. The molecular weight excluding hydrogens is 230 g/mol. The van der Waals surface area contributed by atoms with Crippen LogP contribution in [0.5, 0.6) is 5.75 Å². The van der Waals surface area contributed by atoms with Crippen molar-refractivity contribution in [2.75, 3.05) is 7.05 Å². The number of amides is 1. The van der Waals surface area contributed by atoms with Gasteiger partial charge in [-0.1, -0.05) is 18.2 Å². The lowest BCUT2D eigenvalue weighted by atomic mass is 9.94. The lowest BCUT2D eigenvalue weighted by Crippen LogP contribution is -2.41. The molecule has 0 aliphatic heterocycles. The number of benzene rings is 1. The molecule has 4 heteroatoms. The standard InChI is InChI=1S/C14H17NO3/c1-15(11-7-9-12(16)10-8-11)14(17)18-13-5-3-2-4-6-13/h2-6,11H,7-10H2,1H3. The van der Waals surface area contributed by atoms with Crippen molar-refractivity contribution in [2.24, 2.45) is 0 Å². The molecule has 0 atom stereocenters. The van der Waals surface area contributed by atoms with Crippen molar-refractivity contribution < 1.29 is 14.3 Å².